The van der Waals surface area contributed by atoms with E-state index in [-0.39, 0.29) is 5.56 Å². The molecule has 1 heterocycles. The largest absolute Gasteiger partial charge is 0.497 e. The summed E-state index contributed by atoms with van der Waals surface area (Å²) in [7, 11) is 1.64. The third-order valence-corrected chi connectivity index (χ3v) is 4.12. The van der Waals surface area contributed by atoms with Crippen LogP contribution in [-0.2, 0) is 6.42 Å². The van der Waals surface area contributed by atoms with E-state index >= 15 is 0 Å². The summed E-state index contributed by atoms with van der Waals surface area (Å²) >= 11 is 0. The van der Waals surface area contributed by atoms with Crippen molar-refractivity contribution in [2.75, 3.05) is 7.11 Å². The fourth-order valence-corrected chi connectivity index (χ4v) is 2.97. The van der Waals surface area contributed by atoms with Crippen molar-refractivity contribution in [2.24, 2.45) is 0 Å². The molecule has 0 atom stereocenters. The lowest BCUT2D eigenvalue weighted by Crippen LogP contribution is -2.07. The number of aryl methyl sites for hydroxylation is 1. The summed E-state index contributed by atoms with van der Waals surface area (Å²) in [4.78, 5) is 12.5. The second kappa shape index (κ2) is 6.79. The van der Waals surface area contributed by atoms with Gasteiger partial charge in [0.05, 0.1) is 18.5 Å². The van der Waals surface area contributed by atoms with Crippen LogP contribution < -0.4 is 10.3 Å². The normalized spacial score (nSPS) is 10.8. The van der Waals surface area contributed by atoms with Crippen molar-refractivity contribution in [1.29, 1.82) is 0 Å². The number of hydrogen-bond donors (Lipinski definition) is 1. The maximum atomic E-state index is 12.5. The van der Waals surface area contributed by atoms with Crippen LogP contribution in [-0.4, -0.2) is 16.9 Å². The average molecular weight is 322 g/mol. The molecule has 0 amide bonds. The molecule has 0 unspecified atom stereocenters. The smallest absolute Gasteiger partial charge is 0.268 e. The fourth-order valence-electron chi connectivity index (χ4n) is 2.97. The van der Waals surface area contributed by atoms with Gasteiger partial charge in [-0.25, -0.2) is 0 Å². The molecule has 4 heteroatoms. The second-order valence-electron chi connectivity index (χ2n) is 5.92. The van der Waals surface area contributed by atoms with Crippen LogP contribution in [0.5, 0.6) is 5.75 Å². The van der Waals surface area contributed by atoms with Crippen LogP contribution in [0.3, 0.4) is 0 Å². The van der Waals surface area contributed by atoms with E-state index < -0.39 is 0 Å². The molecule has 1 aromatic heterocycles. The van der Waals surface area contributed by atoms with E-state index in [0.29, 0.717) is 0 Å². The summed E-state index contributed by atoms with van der Waals surface area (Å²) in [6.07, 6.45) is 1.68. The lowest BCUT2D eigenvalue weighted by Gasteiger charge is -2.11. The first-order valence-electron chi connectivity index (χ1n) is 8.19. The highest BCUT2D eigenvalue weighted by molar-refractivity contribution is 5.66. The minimum Gasteiger partial charge on any atom is -0.497 e. The van der Waals surface area contributed by atoms with Crippen LogP contribution in [0.25, 0.3) is 16.9 Å². The molecular formula is C20H22N2O2. The summed E-state index contributed by atoms with van der Waals surface area (Å²) in [6, 6.07) is 15.9. The Kier molecular flexibility index (Phi) is 4.56. The lowest BCUT2D eigenvalue weighted by molar-refractivity contribution is 0.414. The number of benzene rings is 2. The van der Waals surface area contributed by atoms with Crippen molar-refractivity contribution < 1.29 is 4.74 Å². The first kappa shape index (κ1) is 16.1. The van der Waals surface area contributed by atoms with E-state index in [2.05, 4.69) is 37.1 Å². The molecule has 0 fully saturated rings. The molecule has 0 saturated carbocycles. The van der Waals surface area contributed by atoms with Gasteiger partial charge in [-0.05, 0) is 43.7 Å². The number of ether oxygens (including phenoxy) is 1. The molecule has 24 heavy (non-hydrogen) atoms. The molecule has 0 aliphatic rings. The van der Waals surface area contributed by atoms with E-state index in [0.717, 1.165) is 41.1 Å². The third kappa shape index (κ3) is 3.00. The Morgan fingerprint density at radius 2 is 1.88 bits per heavy atom. The maximum Gasteiger partial charge on any atom is 0.268 e. The lowest BCUT2D eigenvalue weighted by atomic mass is 10.0. The van der Waals surface area contributed by atoms with E-state index in [1.807, 2.05) is 35.0 Å². The van der Waals surface area contributed by atoms with Crippen LogP contribution in [0.2, 0.25) is 0 Å². The number of nitrogens with zero attached hydrogens (tertiary/aromatic N) is 1. The second-order valence-corrected chi connectivity index (χ2v) is 5.92. The van der Waals surface area contributed by atoms with Gasteiger partial charge >= 0.3 is 0 Å². The van der Waals surface area contributed by atoms with Crippen LogP contribution in [0.4, 0.5) is 0 Å². The third-order valence-electron chi connectivity index (χ3n) is 4.12. The molecule has 4 nitrogen and oxygen atoms in total. The van der Waals surface area contributed by atoms with Gasteiger partial charge in [-0.1, -0.05) is 37.1 Å². The highest BCUT2D eigenvalue weighted by Crippen LogP contribution is 2.27. The molecule has 2 aromatic carbocycles. The Morgan fingerprint density at radius 1 is 1.12 bits per heavy atom. The fraction of sp³-hybridized carbons (Fsp3) is 0.250. The van der Waals surface area contributed by atoms with Crippen LogP contribution in [0.1, 0.15) is 24.5 Å². The zero-order chi connectivity index (χ0) is 17.1. The quantitative estimate of drug-likeness (QED) is 0.768. The van der Waals surface area contributed by atoms with E-state index in [1.54, 1.807) is 7.11 Å². The zero-order valence-electron chi connectivity index (χ0n) is 14.3. The maximum absolute atomic E-state index is 12.5. The minimum atomic E-state index is -0.0239. The molecule has 0 aliphatic heterocycles. The SMILES string of the molecule is CCCc1c(-c2cccc(C)c2)n(-c2ccc(OC)cc2)[nH]c1=O. The van der Waals surface area contributed by atoms with Gasteiger partial charge in [0.2, 0.25) is 0 Å². The van der Waals surface area contributed by atoms with Gasteiger partial charge in [0.1, 0.15) is 5.75 Å². The van der Waals surface area contributed by atoms with Crippen molar-refractivity contribution in [1.82, 2.24) is 9.78 Å². The van der Waals surface area contributed by atoms with Crippen LogP contribution >= 0.6 is 0 Å². The van der Waals surface area contributed by atoms with Gasteiger partial charge in [-0.2, -0.15) is 0 Å². The Bertz CT molecular complexity index is 889. The number of hydrogen-bond acceptors (Lipinski definition) is 2. The van der Waals surface area contributed by atoms with Crippen LogP contribution in [0.15, 0.2) is 53.3 Å². The van der Waals surface area contributed by atoms with Gasteiger partial charge < -0.3 is 4.74 Å². The van der Waals surface area contributed by atoms with Crippen LogP contribution in [0, 0.1) is 6.92 Å². The topological polar surface area (TPSA) is 47.0 Å². The molecule has 124 valence electrons. The van der Waals surface area contributed by atoms with E-state index in [9.17, 15) is 4.79 Å². The minimum absolute atomic E-state index is 0.0239. The van der Waals surface area contributed by atoms with Crippen molar-refractivity contribution in [3.8, 4) is 22.7 Å². The standard InChI is InChI=1S/C20H22N2O2/c1-4-6-18-19(15-8-5-7-14(2)13-15)22(21-20(18)23)16-9-11-17(24-3)12-10-16/h5,7-13H,4,6H2,1-3H3,(H,21,23). The molecule has 0 saturated heterocycles. The van der Waals surface area contributed by atoms with Gasteiger partial charge in [0.15, 0.2) is 0 Å². The van der Waals surface area contributed by atoms with Crippen molar-refractivity contribution >= 4 is 0 Å². The molecule has 0 aliphatic carbocycles. The summed E-state index contributed by atoms with van der Waals surface area (Å²) in [5.41, 5.74) is 4.88. The number of H-pyrrole nitrogens is 1. The van der Waals surface area contributed by atoms with Crippen molar-refractivity contribution in [3.05, 3.63) is 70.0 Å². The van der Waals surface area contributed by atoms with Gasteiger partial charge in [0, 0.05) is 11.1 Å². The summed E-state index contributed by atoms with van der Waals surface area (Å²) in [5, 5.41) is 2.99. The van der Waals surface area contributed by atoms with E-state index in [1.165, 1.54) is 5.56 Å². The summed E-state index contributed by atoms with van der Waals surface area (Å²) in [5.74, 6) is 0.791. The first-order valence-corrected chi connectivity index (χ1v) is 8.19. The van der Waals surface area contributed by atoms with Gasteiger partial charge in [-0.3, -0.25) is 14.6 Å². The number of rotatable bonds is 5. The number of methoxy groups -OCH3 is 1. The molecule has 1 N–H and O–H groups in total. The molecule has 0 spiro atoms. The molecular weight excluding hydrogens is 300 g/mol. The average Bonchev–Trinajstić information content (AvgIpc) is 2.92. The number of nitrogens with one attached hydrogen (secondary N) is 1. The Balaban J connectivity index is 2.22. The molecule has 3 rings (SSSR count). The Hall–Kier alpha value is -2.75. The molecule has 0 bridgehead atoms. The Labute approximate surface area is 141 Å². The van der Waals surface area contributed by atoms with Gasteiger partial charge in [-0.15, -0.1) is 0 Å². The highest BCUT2D eigenvalue weighted by Gasteiger charge is 2.17. The molecule has 3 aromatic rings. The monoisotopic (exact) mass is 322 g/mol. The molecule has 0 radical (unpaired) electrons. The van der Waals surface area contributed by atoms with Crippen molar-refractivity contribution in [2.45, 2.75) is 26.7 Å². The first-order chi connectivity index (χ1) is 11.6. The highest BCUT2D eigenvalue weighted by atomic mass is 16.5. The number of aromatic nitrogens is 2. The zero-order valence-corrected chi connectivity index (χ0v) is 14.3. The van der Waals surface area contributed by atoms with E-state index in [4.69, 9.17) is 4.74 Å². The predicted octanol–water partition coefficient (Wildman–Crippen LogP) is 4.10. The number of aromatic amines is 1. The van der Waals surface area contributed by atoms with Crippen molar-refractivity contribution in [3.63, 3.8) is 0 Å². The summed E-state index contributed by atoms with van der Waals surface area (Å²) in [6.45, 7) is 4.15. The predicted molar refractivity (Wildman–Crippen MR) is 97.1 cm³/mol. The summed E-state index contributed by atoms with van der Waals surface area (Å²) < 4.78 is 7.10. The Morgan fingerprint density at radius 3 is 2.50 bits per heavy atom. The van der Waals surface area contributed by atoms with Gasteiger partial charge in [0.25, 0.3) is 5.56 Å².